The number of aliphatic imine (C=N–C) groups is 1. The number of aromatic carboxylic acids is 1. The first kappa shape index (κ1) is 30.5. The van der Waals surface area contributed by atoms with Gasteiger partial charge in [-0.1, -0.05) is 36.4 Å². The van der Waals surface area contributed by atoms with Crippen LogP contribution in [0.4, 0.5) is 5.69 Å². The molecular formula is C36H31N3O6S. The lowest BCUT2D eigenvalue weighted by Crippen LogP contribution is -2.31. The molecule has 9 nitrogen and oxygen atoms in total. The number of amides is 1. The van der Waals surface area contributed by atoms with E-state index in [0.29, 0.717) is 34.5 Å². The number of carboxylic acids is 1. The van der Waals surface area contributed by atoms with E-state index in [0.717, 1.165) is 39.0 Å². The second-order valence-electron chi connectivity index (χ2n) is 10.5. The topological polar surface area (TPSA) is 113 Å². The number of carbonyl (C=O) groups excluding carboxylic acids is 1. The van der Waals surface area contributed by atoms with Gasteiger partial charge in [0.15, 0.2) is 16.7 Å². The number of aromatic amines is 1. The number of thioether (sulfide) groups is 1. The normalized spacial score (nSPS) is 14.7. The second-order valence-corrected chi connectivity index (χ2v) is 11.5. The molecule has 2 N–H and O–H groups in total. The van der Waals surface area contributed by atoms with Gasteiger partial charge in [-0.2, -0.15) is 0 Å². The van der Waals surface area contributed by atoms with Crippen LogP contribution in [0.3, 0.4) is 0 Å². The van der Waals surface area contributed by atoms with Crippen LogP contribution in [0.2, 0.25) is 0 Å². The molecule has 0 aliphatic carbocycles. The molecule has 0 bridgehead atoms. The van der Waals surface area contributed by atoms with Crippen LogP contribution in [0.25, 0.3) is 17.0 Å². The number of aromatic nitrogens is 1. The number of amidine groups is 1. The summed E-state index contributed by atoms with van der Waals surface area (Å²) >= 11 is 1.33. The van der Waals surface area contributed by atoms with Crippen LogP contribution in [0, 0.1) is 0 Å². The molecular weight excluding hydrogens is 602 g/mol. The van der Waals surface area contributed by atoms with Crippen molar-refractivity contribution in [3.63, 3.8) is 0 Å². The van der Waals surface area contributed by atoms with Gasteiger partial charge in [0, 0.05) is 23.6 Å². The van der Waals surface area contributed by atoms with Gasteiger partial charge in [-0.3, -0.25) is 9.69 Å². The Morgan fingerprint density at radius 1 is 0.957 bits per heavy atom. The molecule has 232 valence electrons. The van der Waals surface area contributed by atoms with Crippen LogP contribution < -0.4 is 14.2 Å². The maximum atomic E-state index is 13.8. The number of nitrogens with zero attached hydrogens (tertiary/aromatic N) is 2. The Kier molecular flexibility index (Phi) is 9.07. The van der Waals surface area contributed by atoms with Gasteiger partial charge in [0.2, 0.25) is 0 Å². The van der Waals surface area contributed by atoms with Crippen molar-refractivity contribution in [2.24, 2.45) is 4.99 Å². The molecule has 0 saturated carbocycles. The van der Waals surface area contributed by atoms with E-state index in [1.165, 1.54) is 11.8 Å². The fourth-order valence-electron chi connectivity index (χ4n) is 5.08. The molecule has 2 heterocycles. The van der Waals surface area contributed by atoms with Crippen LogP contribution in [-0.4, -0.2) is 52.8 Å². The molecule has 6 rings (SSSR count). The number of methoxy groups -OCH3 is 2. The standard InChI is InChI=1S/C36H31N3O6S/c1-43-28-14-12-27(13-15-28)38-36-39(18-17-26-21-37-30-6-4-3-5-29(26)30)34(40)33(46-36)20-24-9-16-31(32(19-24)44-2)45-22-23-7-10-25(11-8-23)35(41)42/h3-16,19-21,37H,17-18,22H2,1-2H3,(H,41,42)/b33-20-,38-36?. The number of benzene rings is 4. The number of carbonyl (C=O) groups is 2. The minimum Gasteiger partial charge on any atom is -0.497 e. The van der Waals surface area contributed by atoms with E-state index < -0.39 is 5.97 Å². The van der Waals surface area contributed by atoms with Gasteiger partial charge in [0.05, 0.1) is 30.4 Å². The number of para-hydroxylation sites is 1. The lowest BCUT2D eigenvalue weighted by Gasteiger charge is -2.15. The van der Waals surface area contributed by atoms with E-state index in [-0.39, 0.29) is 18.1 Å². The zero-order valence-electron chi connectivity index (χ0n) is 25.2. The minimum atomic E-state index is -0.978. The van der Waals surface area contributed by atoms with E-state index >= 15 is 0 Å². The van der Waals surface area contributed by atoms with Gasteiger partial charge in [0.25, 0.3) is 5.91 Å². The molecule has 0 radical (unpaired) electrons. The van der Waals surface area contributed by atoms with Crippen LogP contribution in [-0.2, 0) is 17.8 Å². The highest BCUT2D eigenvalue weighted by atomic mass is 32.2. The van der Waals surface area contributed by atoms with E-state index in [4.69, 9.17) is 24.3 Å². The molecule has 46 heavy (non-hydrogen) atoms. The number of carboxylic acid groups (broad SMARTS) is 1. The summed E-state index contributed by atoms with van der Waals surface area (Å²) in [7, 11) is 3.17. The molecule has 1 aliphatic heterocycles. The summed E-state index contributed by atoms with van der Waals surface area (Å²) in [4.78, 5) is 35.4. The summed E-state index contributed by atoms with van der Waals surface area (Å²) in [6.45, 7) is 0.700. The quantitative estimate of drug-likeness (QED) is 0.147. The third kappa shape index (κ3) is 6.77. The Morgan fingerprint density at radius 3 is 2.48 bits per heavy atom. The van der Waals surface area contributed by atoms with E-state index in [1.807, 2.05) is 66.9 Å². The van der Waals surface area contributed by atoms with Gasteiger partial charge in [-0.05, 0) is 95.5 Å². The molecule has 5 aromatic rings. The molecule has 0 spiro atoms. The van der Waals surface area contributed by atoms with Gasteiger partial charge in [-0.15, -0.1) is 0 Å². The van der Waals surface area contributed by atoms with Gasteiger partial charge in [0.1, 0.15) is 12.4 Å². The summed E-state index contributed by atoms with van der Waals surface area (Å²) in [6.07, 6.45) is 4.49. The molecule has 10 heteroatoms. The third-order valence-electron chi connectivity index (χ3n) is 7.55. The predicted molar refractivity (Wildman–Crippen MR) is 180 cm³/mol. The maximum Gasteiger partial charge on any atom is 0.335 e. The first-order valence-electron chi connectivity index (χ1n) is 14.5. The Labute approximate surface area is 270 Å². The van der Waals surface area contributed by atoms with Gasteiger partial charge in [-0.25, -0.2) is 9.79 Å². The fourth-order valence-corrected chi connectivity index (χ4v) is 6.10. The number of H-pyrrole nitrogens is 1. The van der Waals surface area contributed by atoms with Crippen LogP contribution >= 0.6 is 11.8 Å². The van der Waals surface area contributed by atoms with Crippen molar-refractivity contribution in [3.8, 4) is 17.2 Å². The predicted octanol–water partition coefficient (Wildman–Crippen LogP) is 7.31. The van der Waals surface area contributed by atoms with E-state index in [1.54, 1.807) is 49.5 Å². The highest BCUT2D eigenvalue weighted by Crippen LogP contribution is 2.36. The van der Waals surface area contributed by atoms with Crippen molar-refractivity contribution in [1.29, 1.82) is 0 Å². The average Bonchev–Trinajstić information content (AvgIpc) is 3.63. The van der Waals surface area contributed by atoms with E-state index in [2.05, 4.69) is 11.1 Å². The van der Waals surface area contributed by atoms with Crippen molar-refractivity contribution in [2.45, 2.75) is 13.0 Å². The number of fused-ring (bicyclic) bond motifs is 1. The molecule has 1 saturated heterocycles. The molecule has 0 unspecified atom stereocenters. The molecule has 0 atom stereocenters. The van der Waals surface area contributed by atoms with Crippen LogP contribution in [0.5, 0.6) is 17.2 Å². The monoisotopic (exact) mass is 633 g/mol. The van der Waals surface area contributed by atoms with Crippen molar-refractivity contribution >= 4 is 51.5 Å². The molecule has 1 aliphatic rings. The molecule has 1 aromatic heterocycles. The number of hydrogen-bond donors (Lipinski definition) is 2. The first-order valence-corrected chi connectivity index (χ1v) is 15.4. The summed E-state index contributed by atoms with van der Waals surface area (Å²) in [5.74, 6) is 0.665. The maximum absolute atomic E-state index is 13.8. The SMILES string of the molecule is COc1ccc(N=C2S/C(=C\c3ccc(OCc4ccc(C(=O)O)cc4)c(OC)c3)C(=O)N2CCc2c[nH]c3ccccc23)cc1. The van der Waals surface area contributed by atoms with Gasteiger partial charge < -0.3 is 24.3 Å². The second kappa shape index (κ2) is 13.7. The van der Waals surface area contributed by atoms with Crippen LogP contribution in [0.1, 0.15) is 27.0 Å². The molecule has 4 aromatic carbocycles. The number of rotatable bonds is 11. The first-order chi connectivity index (χ1) is 22.4. The zero-order valence-corrected chi connectivity index (χ0v) is 26.0. The Balaban J connectivity index is 1.23. The highest BCUT2D eigenvalue weighted by molar-refractivity contribution is 8.18. The minimum absolute atomic E-state index is 0.124. The van der Waals surface area contributed by atoms with Crippen molar-refractivity contribution in [1.82, 2.24) is 9.88 Å². The number of nitrogens with one attached hydrogen (secondary N) is 1. The molecule has 1 amide bonds. The smallest absolute Gasteiger partial charge is 0.335 e. The summed E-state index contributed by atoms with van der Waals surface area (Å²) in [5.41, 5.74) is 4.72. The van der Waals surface area contributed by atoms with Crippen LogP contribution in [0.15, 0.2) is 107 Å². The number of ether oxygens (including phenoxy) is 3. The summed E-state index contributed by atoms with van der Waals surface area (Å²) in [5, 5.41) is 10.9. The Morgan fingerprint density at radius 2 is 1.74 bits per heavy atom. The highest BCUT2D eigenvalue weighted by Gasteiger charge is 2.33. The van der Waals surface area contributed by atoms with Gasteiger partial charge >= 0.3 is 5.97 Å². The number of hydrogen-bond acceptors (Lipinski definition) is 7. The molecule has 1 fully saturated rings. The Hall–Kier alpha value is -5.48. The van der Waals surface area contributed by atoms with E-state index in [9.17, 15) is 9.59 Å². The lowest BCUT2D eigenvalue weighted by atomic mass is 10.1. The zero-order chi connectivity index (χ0) is 32.0. The summed E-state index contributed by atoms with van der Waals surface area (Å²) < 4.78 is 16.9. The Bertz CT molecular complexity index is 1950. The summed E-state index contributed by atoms with van der Waals surface area (Å²) in [6, 6.07) is 27.5. The van der Waals surface area contributed by atoms with Crippen molar-refractivity contribution < 1.29 is 28.9 Å². The largest absolute Gasteiger partial charge is 0.497 e. The van der Waals surface area contributed by atoms with Crippen molar-refractivity contribution in [3.05, 3.63) is 124 Å². The fraction of sp³-hybridized carbons (Fsp3) is 0.139. The third-order valence-corrected chi connectivity index (χ3v) is 8.55. The van der Waals surface area contributed by atoms with Crippen molar-refractivity contribution in [2.75, 3.05) is 20.8 Å². The average molecular weight is 634 g/mol. The lowest BCUT2D eigenvalue weighted by molar-refractivity contribution is -0.122.